The maximum atomic E-state index is 13.5. The van der Waals surface area contributed by atoms with Crippen molar-refractivity contribution in [2.75, 3.05) is 32.0 Å². The topological polar surface area (TPSA) is 85.4 Å². The van der Waals surface area contributed by atoms with Crippen LogP contribution in [0, 0.1) is 0 Å². The Bertz CT molecular complexity index is 1330. The smallest absolute Gasteiger partial charge is 0.416 e. The number of alkyl halides is 6. The Kier molecular flexibility index (Phi) is 8.89. The molecule has 2 aromatic carbocycles. The molecule has 0 radical (unpaired) electrons. The molecule has 0 aromatic heterocycles. The highest BCUT2D eigenvalue weighted by Crippen LogP contribution is 2.47. The summed E-state index contributed by atoms with van der Waals surface area (Å²) in [5.41, 5.74) is -3.24. The number of halogens is 6. The fraction of sp³-hybridized carbons (Fsp3) is 0.480. The van der Waals surface area contributed by atoms with Gasteiger partial charge in [0.1, 0.15) is 0 Å². The van der Waals surface area contributed by atoms with E-state index in [1.165, 1.54) is 31.3 Å². The molecule has 15 heteroatoms. The quantitative estimate of drug-likeness (QED) is 0.364. The average Bonchev–Trinajstić information content (AvgIpc) is 2.84. The number of hydrogen-bond acceptors (Lipinski definition) is 6. The van der Waals surface area contributed by atoms with Crippen LogP contribution in [0.5, 0.6) is 11.5 Å². The maximum Gasteiger partial charge on any atom is 0.416 e. The molecule has 8 nitrogen and oxygen atoms in total. The molecule has 0 aliphatic carbocycles. The lowest BCUT2D eigenvalue weighted by molar-refractivity contribution is -0.143. The molecule has 3 rings (SSSR count). The predicted octanol–water partition coefficient (Wildman–Crippen LogP) is 6.00. The number of methoxy groups -OCH3 is 2. The summed E-state index contributed by atoms with van der Waals surface area (Å²) >= 11 is 0. The molecule has 0 saturated carbocycles. The number of fused-ring (bicyclic) bond motifs is 1. The molecule has 40 heavy (non-hydrogen) atoms. The fourth-order valence-corrected chi connectivity index (χ4v) is 5.69. The van der Waals surface area contributed by atoms with Gasteiger partial charge >= 0.3 is 18.4 Å². The van der Waals surface area contributed by atoms with E-state index in [4.69, 9.17) is 14.2 Å². The van der Waals surface area contributed by atoms with Crippen molar-refractivity contribution >= 4 is 21.8 Å². The zero-order valence-corrected chi connectivity index (χ0v) is 23.0. The van der Waals surface area contributed by atoms with Gasteiger partial charge in [0, 0.05) is 18.7 Å². The molecule has 1 heterocycles. The largest absolute Gasteiger partial charge is 0.493 e. The number of sulfonamides is 1. The van der Waals surface area contributed by atoms with Crippen LogP contribution in [-0.2, 0) is 33.7 Å². The van der Waals surface area contributed by atoms with Crippen molar-refractivity contribution in [2.45, 2.75) is 51.2 Å². The Balaban J connectivity index is 2.23. The van der Waals surface area contributed by atoms with Crippen molar-refractivity contribution in [3.05, 3.63) is 52.6 Å². The minimum absolute atomic E-state index is 0.0272. The van der Waals surface area contributed by atoms with Crippen molar-refractivity contribution in [1.29, 1.82) is 0 Å². The molecule has 222 valence electrons. The first-order valence-electron chi connectivity index (χ1n) is 11.9. The van der Waals surface area contributed by atoms with E-state index in [1.807, 2.05) is 0 Å². The molecule has 1 aliphatic heterocycles. The molecule has 0 fully saturated rings. The van der Waals surface area contributed by atoms with E-state index in [0.29, 0.717) is 12.1 Å². The minimum Gasteiger partial charge on any atom is -0.493 e. The van der Waals surface area contributed by atoms with Crippen LogP contribution in [-0.4, -0.2) is 51.9 Å². The molecule has 0 spiro atoms. The second-order valence-corrected chi connectivity index (χ2v) is 11.1. The number of benzene rings is 2. The highest BCUT2D eigenvalue weighted by atomic mass is 32.2. The highest BCUT2D eigenvalue weighted by Gasteiger charge is 2.42. The van der Waals surface area contributed by atoms with Gasteiger partial charge in [0.25, 0.3) is 0 Å². The first kappa shape index (κ1) is 31.3. The molecule has 1 amide bonds. The number of ether oxygens (including phenoxy) is 3. The molecular formula is C25H28F6N2O6S. The minimum atomic E-state index is -5.11. The summed E-state index contributed by atoms with van der Waals surface area (Å²) in [5, 5.41) is 0. The van der Waals surface area contributed by atoms with Crippen LogP contribution < -0.4 is 14.4 Å². The SMILES string of the molecule is CCOC(=O)N1c2cc(OC)c(OC)cc2[C@H](N(Cc2cc(C(F)(F)F)cc(C(F)(F)F)c2)S(C)(=O)=O)C[C@@H]1C. The van der Waals surface area contributed by atoms with Gasteiger partial charge in [0.15, 0.2) is 11.5 Å². The third-order valence-electron chi connectivity index (χ3n) is 6.38. The van der Waals surface area contributed by atoms with Crippen molar-refractivity contribution in [3.63, 3.8) is 0 Å². The van der Waals surface area contributed by atoms with Crippen LogP contribution in [0.15, 0.2) is 30.3 Å². The van der Waals surface area contributed by atoms with Gasteiger partial charge in [-0.15, -0.1) is 0 Å². The van der Waals surface area contributed by atoms with Gasteiger partial charge < -0.3 is 14.2 Å². The van der Waals surface area contributed by atoms with Crippen LogP contribution in [0.4, 0.5) is 36.8 Å². The number of anilines is 1. The van der Waals surface area contributed by atoms with Gasteiger partial charge in [0.2, 0.25) is 10.0 Å². The molecular weight excluding hydrogens is 570 g/mol. The summed E-state index contributed by atoms with van der Waals surface area (Å²) < 4.78 is 124. The number of nitrogens with zero attached hydrogens (tertiary/aromatic N) is 2. The Morgan fingerprint density at radius 1 is 0.975 bits per heavy atom. The van der Waals surface area contributed by atoms with Gasteiger partial charge in [-0.05, 0) is 55.7 Å². The second-order valence-electron chi connectivity index (χ2n) is 9.16. The molecule has 0 N–H and O–H groups in total. The lowest BCUT2D eigenvalue weighted by atomic mass is 9.91. The number of carbonyl (C=O) groups is 1. The van der Waals surface area contributed by atoms with Gasteiger partial charge in [0.05, 0.1) is 49.9 Å². The van der Waals surface area contributed by atoms with E-state index >= 15 is 0 Å². The summed E-state index contributed by atoms with van der Waals surface area (Å²) in [6.45, 7) is 2.44. The van der Waals surface area contributed by atoms with Crippen molar-refractivity contribution < 1.29 is 53.8 Å². The molecule has 2 atom stereocenters. The summed E-state index contributed by atoms with van der Waals surface area (Å²) in [7, 11) is -1.58. The van der Waals surface area contributed by atoms with Gasteiger partial charge in [-0.2, -0.15) is 30.6 Å². The first-order valence-corrected chi connectivity index (χ1v) is 13.7. The standard InChI is InChI=1S/C25H28F6N2O6S/c1-6-39-23(34)33-14(2)7-19(18-11-21(37-3)22(38-4)12-20(18)33)32(40(5,35)36)13-15-8-16(24(26,27)28)10-17(9-15)25(29,30)31/h8-12,14,19H,6-7,13H2,1-5H3/t14-,19+/m0/s1. The molecule has 1 aliphatic rings. The van der Waals surface area contributed by atoms with Crippen LogP contribution >= 0.6 is 0 Å². The van der Waals surface area contributed by atoms with Gasteiger partial charge in [-0.3, -0.25) is 4.90 Å². The Labute approximate surface area is 227 Å². The lowest BCUT2D eigenvalue weighted by Crippen LogP contribution is -2.47. The summed E-state index contributed by atoms with van der Waals surface area (Å²) in [4.78, 5) is 14.1. The maximum absolute atomic E-state index is 13.5. The van der Waals surface area contributed by atoms with Gasteiger partial charge in [-0.25, -0.2) is 13.2 Å². The second kappa shape index (κ2) is 11.4. The zero-order chi connectivity index (χ0) is 30.2. The summed E-state index contributed by atoms with van der Waals surface area (Å²) in [5.74, 6) is 0.360. The Morgan fingerprint density at radius 3 is 1.95 bits per heavy atom. The molecule has 0 bridgehead atoms. The third kappa shape index (κ3) is 6.57. The van der Waals surface area contributed by atoms with E-state index in [1.54, 1.807) is 13.8 Å². The average molecular weight is 599 g/mol. The van der Waals surface area contributed by atoms with E-state index in [0.717, 1.165) is 10.6 Å². The van der Waals surface area contributed by atoms with E-state index in [9.17, 15) is 39.6 Å². The lowest BCUT2D eigenvalue weighted by Gasteiger charge is -2.42. The van der Waals surface area contributed by atoms with E-state index < -0.39 is 63.8 Å². The van der Waals surface area contributed by atoms with E-state index in [-0.39, 0.29) is 41.8 Å². The molecule has 0 saturated heterocycles. The van der Waals surface area contributed by atoms with Crippen LogP contribution in [0.1, 0.15) is 48.6 Å². The number of carbonyl (C=O) groups excluding carboxylic acids is 1. The van der Waals surface area contributed by atoms with E-state index in [2.05, 4.69) is 0 Å². The summed E-state index contributed by atoms with van der Waals surface area (Å²) in [6, 6.07) is 2.00. The summed E-state index contributed by atoms with van der Waals surface area (Å²) in [6.07, 6.45) is -10.2. The third-order valence-corrected chi connectivity index (χ3v) is 7.62. The van der Waals surface area contributed by atoms with Crippen molar-refractivity contribution in [1.82, 2.24) is 4.31 Å². The first-order chi connectivity index (χ1) is 18.4. The van der Waals surface area contributed by atoms with Crippen molar-refractivity contribution in [3.8, 4) is 11.5 Å². The molecule has 2 aromatic rings. The number of rotatable bonds is 7. The monoisotopic (exact) mass is 598 g/mol. The Hall–Kier alpha value is -3.20. The van der Waals surface area contributed by atoms with Crippen molar-refractivity contribution in [2.24, 2.45) is 0 Å². The highest BCUT2D eigenvalue weighted by molar-refractivity contribution is 7.88. The van der Waals surface area contributed by atoms with Crippen LogP contribution in [0.3, 0.4) is 0 Å². The molecule has 0 unspecified atom stereocenters. The zero-order valence-electron chi connectivity index (χ0n) is 22.2. The number of hydrogen-bond donors (Lipinski definition) is 0. The van der Waals surface area contributed by atoms with Crippen LogP contribution in [0.2, 0.25) is 0 Å². The Morgan fingerprint density at radius 2 is 1.50 bits per heavy atom. The normalized spacial score (nSPS) is 17.9. The van der Waals surface area contributed by atoms with Crippen LogP contribution in [0.25, 0.3) is 0 Å². The number of amides is 1. The van der Waals surface area contributed by atoms with Gasteiger partial charge in [-0.1, -0.05) is 0 Å². The fourth-order valence-electron chi connectivity index (χ4n) is 4.65. The predicted molar refractivity (Wildman–Crippen MR) is 133 cm³/mol.